The summed E-state index contributed by atoms with van der Waals surface area (Å²) in [7, 11) is -1.17. The lowest BCUT2D eigenvalue weighted by molar-refractivity contribution is -0.191. The molecule has 1 saturated carbocycles. The Kier molecular flexibility index (Phi) is 12.1. The van der Waals surface area contributed by atoms with Gasteiger partial charge in [-0.15, -0.1) is 0 Å². The lowest BCUT2D eigenvalue weighted by atomic mass is 9.83. The van der Waals surface area contributed by atoms with Crippen LogP contribution in [-0.2, 0) is 22.6 Å². The maximum atomic E-state index is 8.95. The van der Waals surface area contributed by atoms with Gasteiger partial charge in [0.2, 0.25) is 0 Å². The number of unbranched alkanes of at least 4 members (excludes halogenated alkanes) is 1. The molecule has 2 unspecified atom stereocenters. The third kappa shape index (κ3) is 9.67. The highest BCUT2D eigenvalue weighted by atomic mass is 16.4. The first-order valence-corrected chi connectivity index (χ1v) is 11.9. The summed E-state index contributed by atoms with van der Waals surface area (Å²) in [5.74, 6) is 0.875. The summed E-state index contributed by atoms with van der Waals surface area (Å²) in [6.45, 7) is 2.35. The third-order valence-corrected chi connectivity index (χ3v) is 6.84. The molecule has 7 heteroatoms. The summed E-state index contributed by atoms with van der Waals surface area (Å²) in [6, 6.07) is 9.80. The summed E-state index contributed by atoms with van der Waals surface area (Å²) in [5, 5.41) is 17.9. The van der Waals surface area contributed by atoms with E-state index in [1.807, 2.05) is 0 Å². The number of carbonyl (C=O) groups excluding carboxylic acids is 2. The second kappa shape index (κ2) is 14.5. The van der Waals surface area contributed by atoms with Crippen LogP contribution in [0.4, 0.5) is 0 Å². The second-order valence-corrected chi connectivity index (χ2v) is 9.25. The van der Waals surface area contributed by atoms with Crippen molar-refractivity contribution in [2.24, 2.45) is 11.7 Å². The largest absolute Gasteiger partial charge is 0.451 e. The maximum absolute atomic E-state index is 8.95. The zero-order valence-corrected chi connectivity index (χ0v) is 18.8. The lowest BCUT2D eigenvalue weighted by Crippen LogP contribution is -2.44. The van der Waals surface area contributed by atoms with Crippen molar-refractivity contribution in [1.29, 1.82) is 0 Å². The quantitative estimate of drug-likeness (QED) is 0.389. The summed E-state index contributed by atoms with van der Waals surface area (Å²) in [4.78, 5) is 19.0. The number of nitrogens with zero attached hydrogens (tertiary/aromatic N) is 1. The number of hydrogen-bond acceptors (Lipinski definition) is 6. The average Bonchev–Trinajstić information content (AvgIpc) is 2.76. The van der Waals surface area contributed by atoms with Crippen molar-refractivity contribution in [2.75, 3.05) is 6.54 Å². The van der Waals surface area contributed by atoms with Crippen LogP contribution in [-0.4, -0.2) is 46.8 Å². The first-order chi connectivity index (χ1) is 15.0. The van der Waals surface area contributed by atoms with Crippen molar-refractivity contribution < 1.29 is 19.6 Å². The van der Waals surface area contributed by atoms with E-state index in [1.54, 1.807) is 0 Å². The fourth-order valence-corrected chi connectivity index (χ4v) is 5.13. The van der Waals surface area contributed by atoms with Gasteiger partial charge in [0.05, 0.1) is 0 Å². The highest BCUT2D eigenvalue weighted by molar-refractivity contribution is 6.40. The van der Waals surface area contributed by atoms with Gasteiger partial charge in [-0.25, -0.2) is 0 Å². The minimum absolute atomic E-state index is 0.226. The van der Waals surface area contributed by atoms with Crippen LogP contribution in [0.5, 0.6) is 0 Å². The number of hydrogen-bond donors (Lipinski definition) is 3. The number of benzene rings is 1. The minimum atomic E-state index is -1.17. The molecule has 0 amide bonds. The Morgan fingerprint density at radius 3 is 2.42 bits per heavy atom. The highest BCUT2D eigenvalue weighted by Crippen LogP contribution is 2.31. The van der Waals surface area contributed by atoms with Crippen molar-refractivity contribution in [1.82, 2.24) is 4.90 Å². The van der Waals surface area contributed by atoms with Gasteiger partial charge in [0.25, 0.3) is 0 Å². The number of rotatable bonds is 10. The molecule has 1 aromatic carbocycles. The maximum Gasteiger partial charge on any atom is 0.451 e. The molecule has 2 aliphatic rings. The molecule has 0 saturated heterocycles. The summed E-state index contributed by atoms with van der Waals surface area (Å²) in [6.07, 6.45) is 14.0. The number of fused-ring (bicyclic) bond motifs is 1. The number of nitrogens with two attached hydrogens (primary N) is 1. The topological polar surface area (TPSA) is 104 Å². The van der Waals surface area contributed by atoms with Crippen molar-refractivity contribution in [3.05, 3.63) is 35.4 Å². The first-order valence-electron chi connectivity index (χ1n) is 11.9. The van der Waals surface area contributed by atoms with Crippen LogP contribution in [0.15, 0.2) is 24.3 Å². The van der Waals surface area contributed by atoms with Gasteiger partial charge < -0.3 is 15.8 Å². The molecule has 4 N–H and O–H groups in total. The van der Waals surface area contributed by atoms with Gasteiger partial charge in [-0.05, 0) is 61.9 Å². The molecule has 1 heterocycles. The molecule has 31 heavy (non-hydrogen) atoms. The van der Waals surface area contributed by atoms with E-state index in [-0.39, 0.29) is 12.2 Å². The van der Waals surface area contributed by atoms with E-state index < -0.39 is 7.12 Å². The molecular weight excluding hydrogens is 391 g/mol. The van der Waals surface area contributed by atoms with Gasteiger partial charge in [-0.2, -0.15) is 9.59 Å². The van der Waals surface area contributed by atoms with Gasteiger partial charge in [-0.3, -0.25) is 4.90 Å². The molecule has 0 aromatic heterocycles. The van der Waals surface area contributed by atoms with E-state index in [0.29, 0.717) is 12.4 Å². The van der Waals surface area contributed by atoms with Crippen LogP contribution in [0.1, 0.15) is 75.3 Å². The van der Waals surface area contributed by atoms with E-state index in [0.717, 1.165) is 44.6 Å². The molecule has 172 valence electrons. The summed E-state index contributed by atoms with van der Waals surface area (Å²) >= 11 is 0. The Bertz CT molecular complexity index is 661. The monoisotopic (exact) mass is 430 g/mol. The van der Waals surface area contributed by atoms with Crippen molar-refractivity contribution in [3.8, 4) is 0 Å². The molecule has 6 nitrogen and oxygen atoms in total. The Hall–Kier alpha value is -1.50. The predicted octanol–water partition coefficient (Wildman–Crippen LogP) is 3.16. The van der Waals surface area contributed by atoms with Crippen LogP contribution in [0, 0.1) is 5.92 Å². The van der Waals surface area contributed by atoms with Crippen molar-refractivity contribution >= 4 is 13.3 Å². The van der Waals surface area contributed by atoms with E-state index >= 15 is 0 Å². The van der Waals surface area contributed by atoms with Crippen LogP contribution < -0.4 is 5.73 Å². The molecule has 1 aromatic rings. The molecule has 0 spiro atoms. The third-order valence-electron chi connectivity index (χ3n) is 6.84. The molecular formula is C24H39BN2O4. The van der Waals surface area contributed by atoms with Crippen LogP contribution in [0.2, 0.25) is 6.32 Å². The highest BCUT2D eigenvalue weighted by Gasteiger charge is 2.28. The fraction of sp³-hybridized carbons (Fsp3) is 0.708. The Labute approximate surface area is 187 Å². The second-order valence-electron chi connectivity index (χ2n) is 9.25. The molecule has 0 bridgehead atoms. The van der Waals surface area contributed by atoms with Gasteiger partial charge in [-0.1, -0.05) is 56.4 Å². The SMILES string of the molecule is NC(CCCCB(O)O)CCC1Cc2ccccc2CN1CC1CCCCC1.O=C=O. The molecule has 0 radical (unpaired) electrons. The molecule has 2 atom stereocenters. The van der Waals surface area contributed by atoms with Crippen molar-refractivity contribution in [3.63, 3.8) is 0 Å². The van der Waals surface area contributed by atoms with Crippen molar-refractivity contribution in [2.45, 2.75) is 95.6 Å². The van der Waals surface area contributed by atoms with Gasteiger partial charge in [0, 0.05) is 25.2 Å². The molecule has 3 rings (SSSR count). The Morgan fingerprint density at radius 1 is 1.06 bits per heavy atom. The standard InChI is InChI=1S/C23H39BN2O2.CO2/c25-22(12-6-7-15-24(27)28)13-14-23-16-20-10-4-5-11-21(20)18-26(23)17-19-8-2-1-3-9-19;2-1-3/h4-5,10-11,19,22-23,27-28H,1-3,6-9,12-18,25H2;. The summed E-state index contributed by atoms with van der Waals surface area (Å²) in [5.41, 5.74) is 9.43. The average molecular weight is 430 g/mol. The van der Waals surface area contributed by atoms with Gasteiger partial charge in [0.1, 0.15) is 0 Å². The van der Waals surface area contributed by atoms with Gasteiger partial charge in [0.15, 0.2) is 0 Å². The van der Waals surface area contributed by atoms with E-state index in [2.05, 4.69) is 29.2 Å². The molecule has 1 aliphatic carbocycles. The molecule has 1 aliphatic heterocycles. The zero-order chi connectivity index (χ0) is 22.5. The van der Waals surface area contributed by atoms with Gasteiger partial charge >= 0.3 is 13.3 Å². The van der Waals surface area contributed by atoms with Crippen LogP contribution in [0.3, 0.4) is 0 Å². The van der Waals surface area contributed by atoms with Crippen LogP contribution in [0.25, 0.3) is 0 Å². The Morgan fingerprint density at radius 2 is 1.74 bits per heavy atom. The van der Waals surface area contributed by atoms with E-state index in [1.165, 1.54) is 56.2 Å². The lowest BCUT2D eigenvalue weighted by Gasteiger charge is -2.40. The van der Waals surface area contributed by atoms with Crippen LogP contribution >= 0.6 is 0 Å². The van der Waals surface area contributed by atoms with E-state index in [9.17, 15) is 0 Å². The predicted molar refractivity (Wildman–Crippen MR) is 122 cm³/mol. The first kappa shape index (κ1) is 25.8. The summed E-state index contributed by atoms with van der Waals surface area (Å²) < 4.78 is 0. The normalized spacial score (nSPS) is 20.2. The smallest absolute Gasteiger partial charge is 0.427 e. The zero-order valence-electron chi connectivity index (χ0n) is 18.8. The Balaban J connectivity index is 0.00000107. The minimum Gasteiger partial charge on any atom is -0.427 e. The fourth-order valence-electron chi connectivity index (χ4n) is 5.13. The van der Waals surface area contributed by atoms with E-state index in [4.69, 9.17) is 25.4 Å². The molecule has 1 fully saturated rings.